The Labute approximate surface area is 266 Å². The maximum atomic E-state index is 13.8. The van der Waals surface area contributed by atoms with E-state index in [2.05, 4.69) is 5.32 Å². The molecule has 0 aliphatic carbocycles. The van der Waals surface area contributed by atoms with Crippen LogP contribution in [0.25, 0.3) is 0 Å². The number of nitrogens with one attached hydrogen (secondary N) is 1. The first-order valence-corrected chi connectivity index (χ1v) is 15.4. The fraction of sp³-hybridized carbons (Fsp3) is 0.229. The van der Waals surface area contributed by atoms with Gasteiger partial charge in [-0.05, 0) is 65.6 Å². The van der Waals surface area contributed by atoms with Crippen molar-refractivity contribution in [3.05, 3.63) is 119 Å². The summed E-state index contributed by atoms with van der Waals surface area (Å²) < 4.78 is 16.6. The molecule has 4 aromatic rings. The van der Waals surface area contributed by atoms with Gasteiger partial charge in [0.2, 0.25) is 17.7 Å². The summed E-state index contributed by atoms with van der Waals surface area (Å²) in [7, 11) is 3.16. The van der Waals surface area contributed by atoms with Gasteiger partial charge in [-0.1, -0.05) is 54.6 Å². The summed E-state index contributed by atoms with van der Waals surface area (Å²) in [4.78, 5) is 40.4. The number of thioether (sulfide) groups is 1. The third kappa shape index (κ3) is 7.77. The molecule has 0 bridgehead atoms. The number of amides is 3. The number of rotatable bonds is 13. The fourth-order valence-corrected chi connectivity index (χ4v) is 6.52. The van der Waals surface area contributed by atoms with Crippen molar-refractivity contribution in [3.63, 3.8) is 0 Å². The van der Waals surface area contributed by atoms with Crippen molar-refractivity contribution in [1.82, 2.24) is 5.32 Å². The standard InChI is InChI=1S/C35H35N3O6S/c1-42-29-16-11-23(19-30(29)43-2)17-18-37-32(39)21-31-34(41)38(27-10-6-9-26(20-27)33(36)40)35(45-31)25-12-14-28(15-13-25)44-22-24-7-4-3-5-8-24/h3-16,19-20,31,35H,17-18,21-22H2,1-2H3,(H2,36,40)(H,37,39)/t31-,35+/m1/s1. The monoisotopic (exact) mass is 625 g/mol. The fourth-order valence-electron chi connectivity index (χ4n) is 5.07. The molecule has 1 saturated heterocycles. The van der Waals surface area contributed by atoms with Crippen molar-refractivity contribution in [3.8, 4) is 17.2 Å². The molecule has 0 radical (unpaired) electrons. The Morgan fingerprint density at radius 1 is 0.867 bits per heavy atom. The lowest BCUT2D eigenvalue weighted by atomic mass is 10.1. The molecule has 1 heterocycles. The molecule has 9 nitrogen and oxygen atoms in total. The van der Waals surface area contributed by atoms with Crippen LogP contribution < -0.4 is 30.2 Å². The predicted molar refractivity (Wildman–Crippen MR) is 175 cm³/mol. The Morgan fingerprint density at radius 2 is 1.62 bits per heavy atom. The molecule has 0 spiro atoms. The average molecular weight is 626 g/mol. The number of benzene rings is 4. The summed E-state index contributed by atoms with van der Waals surface area (Å²) >= 11 is 1.40. The Kier molecular flexibility index (Phi) is 10.3. The zero-order valence-electron chi connectivity index (χ0n) is 25.1. The van der Waals surface area contributed by atoms with Gasteiger partial charge in [0, 0.05) is 24.2 Å². The van der Waals surface area contributed by atoms with Crippen molar-refractivity contribution >= 4 is 35.2 Å². The lowest BCUT2D eigenvalue weighted by Gasteiger charge is -2.25. The number of nitrogens with two attached hydrogens (primary N) is 1. The second-order valence-corrected chi connectivity index (χ2v) is 11.7. The maximum absolute atomic E-state index is 13.8. The summed E-state index contributed by atoms with van der Waals surface area (Å²) in [5.41, 5.74) is 9.27. The molecule has 10 heteroatoms. The van der Waals surface area contributed by atoms with Gasteiger partial charge in [0.15, 0.2) is 11.5 Å². The molecule has 4 aromatic carbocycles. The van der Waals surface area contributed by atoms with Crippen LogP contribution in [-0.4, -0.2) is 43.7 Å². The number of primary amides is 1. The van der Waals surface area contributed by atoms with E-state index >= 15 is 0 Å². The predicted octanol–water partition coefficient (Wildman–Crippen LogP) is 5.28. The average Bonchev–Trinajstić information content (AvgIpc) is 3.39. The van der Waals surface area contributed by atoms with E-state index in [1.165, 1.54) is 11.8 Å². The zero-order chi connectivity index (χ0) is 31.8. The van der Waals surface area contributed by atoms with Crippen molar-refractivity contribution in [2.45, 2.75) is 30.1 Å². The molecule has 45 heavy (non-hydrogen) atoms. The van der Waals surface area contributed by atoms with Gasteiger partial charge in [-0.2, -0.15) is 0 Å². The number of ether oxygens (including phenoxy) is 3. The lowest BCUT2D eigenvalue weighted by molar-refractivity contribution is -0.124. The van der Waals surface area contributed by atoms with Gasteiger partial charge in [-0.3, -0.25) is 19.3 Å². The van der Waals surface area contributed by atoms with Gasteiger partial charge in [-0.25, -0.2) is 0 Å². The van der Waals surface area contributed by atoms with Crippen LogP contribution in [0.4, 0.5) is 5.69 Å². The van der Waals surface area contributed by atoms with Gasteiger partial charge < -0.3 is 25.3 Å². The molecule has 1 aliphatic heterocycles. The third-order valence-corrected chi connectivity index (χ3v) is 8.86. The number of nitrogens with zero attached hydrogens (tertiary/aromatic N) is 1. The molecule has 3 N–H and O–H groups in total. The van der Waals surface area contributed by atoms with E-state index in [9.17, 15) is 14.4 Å². The highest BCUT2D eigenvalue weighted by atomic mass is 32.2. The second-order valence-electron chi connectivity index (χ2n) is 10.4. The van der Waals surface area contributed by atoms with Crippen LogP contribution in [0.2, 0.25) is 0 Å². The van der Waals surface area contributed by atoms with Crippen LogP contribution in [0.3, 0.4) is 0 Å². The quantitative estimate of drug-likeness (QED) is 0.208. The van der Waals surface area contributed by atoms with Crippen LogP contribution in [0.5, 0.6) is 17.2 Å². The van der Waals surface area contributed by atoms with Crippen molar-refractivity contribution < 1.29 is 28.6 Å². The van der Waals surface area contributed by atoms with Crippen LogP contribution in [0.1, 0.15) is 38.8 Å². The molecule has 1 fully saturated rings. The molecule has 0 unspecified atom stereocenters. The smallest absolute Gasteiger partial charge is 0.248 e. The summed E-state index contributed by atoms with van der Waals surface area (Å²) in [6.45, 7) is 0.838. The van der Waals surface area contributed by atoms with Gasteiger partial charge in [0.1, 0.15) is 17.7 Å². The highest BCUT2D eigenvalue weighted by Gasteiger charge is 2.43. The molecule has 5 rings (SSSR count). The number of methoxy groups -OCH3 is 2. The van der Waals surface area contributed by atoms with Gasteiger partial charge in [-0.15, -0.1) is 11.8 Å². The second kappa shape index (κ2) is 14.7. The minimum Gasteiger partial charge on any atom is -0.493 e. The first kappa shape index (κ1) is 31.5. The Bertz CT molecular complexity index is 1650. The number of hydrogen-bond donors (Lipinski definition) is 2. The van der Waals surface area contributed by atoms with Crippen LogP contribution in [0.15, 0.2) is 97.1 Å². The van der Waals surface area contributed by atoms with E-state index in [-0.39, 0.29) is 18.2 Å². The molecule has 2 atom stereocenters. The van der Waals surface area contributed by atoms with Crippen molar-refractivity contribution in [2.24, 2.45) is 5.73 Å². The summed E-state index contributed by atoms with van der Waals surface area (Å²) in [6, 6.07) is 29.8. The summed E-state index contributed by atoms with van der Waals surface area (Å²) in [5.74, 6) is 0.930. The van der Waals surface area contributed by atoms with E-state index in [0.29, 0.717) is 48.1 Å². The van der Waals surface area contributed by atoms with E-state index in [1.54, 1.807) is 43.4 Å². The Balaban J connectivity index is 1.28. The minimum absolute atomic E-state index is 0.0101. The first-order valence-electron chi connectivity index (χ1n) is 14.5. The number of carbonyl (C=O) groups excluding carboxylic acids is 3. The summed E-state index contributed by atoms with van der Waals surface area (Å²) in [5, 5.41) is 1.89. The van der Waals surface area contributed by atoms with Crippen molar-refractivity contribution in [1.29, 1.82) is 0 Å². The summed E-state index contributed by atoms with van der Waals surface area (Å²) in [6.07, 6.45) is 0.599. The van der Waals surface area contributed by atoms with Crippen LogP contribution in [0, 0.1) is 0 Å². The Hall–Kier alpha value is -4.96. The molecular formula is C35H35N3O6S. The molecular weight excluding hydrogens is 590 g/mol. The largest absolute Gasteiger partial charge is 0.493 e. The zero-order valence-corrected chi connectivity index (χ0v) is 25.9. The molecule has 232 valence electrons. The van der Waals surface area contributed by atoms with E-state index in [1.807, 2.05) is 72.8 Å². The van der Waals surface area contributed by atoms with Crippen LogP contribution in [-0.2, 0) is 22.6 Å². The normalized spacial score (nSPS) is 15.9. The number of hydrogen-bond acceptors (Lipinski definition) is 7. The topological polar surface area (TPSA) is 120 Å². The van der Waals surface area contributed by atoms with Gasteiger partial charge in [0.05, 0.1) is 19.5 Å². The van der Waals surface area contributed by atoms with Crippen molar-refractivity contribution in [2.75, 3.05) is 25.7 Å². The van der Waals surface area contributed by atoms with E-state index in [0.717, 1.165) is 16.7 Å². The SMILES string of the molecule is COc1ccc(CCNC(=O)C[C@H]2S[C@@H](c3ccc(OCc4ccccc4)cc3)N(c3cccc(C(N)=O)c3)C2=O)cc1OC. The first-order chi connectivity index (χ1) is 21.9. The third-order valence-electron chi connectivity index (χ3n) is 7.42. The minimum atomic E-state index is -0.623. The highest BCUT2D eigenvalue weighted by molar-refractivity contribution is 8.01. The van der Waals surface area contributed by atoms with Crippen LogP contribution >= 0.6 is 11.8 Å². The molecule has 0 saturated carbocycles. The molecule has 0 aromatic heterocycles. The highest BCUT2D eigenvalue weighted by Crippen LogP contribution is 2.47. The van der Waals surface area contributed by atoms with Gasteiger partial charge >= 0.3 is 0 Å². The molecule has 3 amide bonds. The molecule has 1 aliphatic rings. The number of carbonyl (C=O) groups is 3. The Morgan fingerprint density at radius 3 is 2.33 bits per heavy atom. The number of anilines is 1. The lowest BCUT2D eigenvalue weighted by Crippen LogP contribution is -2.34. The van der Waals surface area contributed by atoms with E-state index < -0.39 is 16.5 Å². The maximum Gasteiger partial charge on any atom is 0.248 e. The van der Waals surface area contributed by atoms with E-state index in [4.69, 9.17) is 19.9 Å². The van der Waals surface area contributed by atoms with Gasteiger partial charge in [0.25, 0.3) is 0 Å².